The Hall–Kier alpha value is -1.26. The molecule has 2 rings (SSSR count). The Morgan fingerprint density at radius 2 is 2.00 bits per heavy atom. The average molecular weight is 284 g/mol. The van der Waals surface area contributed by atoms with Crippen LogP contribution in [0, 0.1) is 0 Å². The highest BCUT2D eigenvalue weighted by Crippen LogP contribution is 2.41. The number of aldehydes is 1. The monoisotopic (exact) mass is 284 g/mol. The van der Waals surface area contributed by atoms with Gasteiger partial charge in [-0.3, -0.25) is 9.48 Å². The van der Waals surface area contributed by atoms with Crippen molar-refractivity contribution in [1.82, 2.24) is 9.78 Å². The summed E-state index contributed by atoms with van der Waals surface area (Å²) in [7, 11) is 0. The van der Waals surface area contributed by atoms with E-state index in [4.69, 9.17) is 0 Å². The summed E-state index contributed by atoms with van der Waals surface area (Å²) in [5.74, 6) is -2.55. The minimum Gasteiger partial charge on any atom is -0.298 e. The fourth-order valence-corrected chi connectivity index (χ4v) is 2.99. The van der Waals surface area contributed by atoms with E-state index in [2.05, 4.69) is 18.9 Å². The van der Waals surface area contributed by atoms with Gasteiger partial charge in [0, 0.05) is 25.0 Å². The second-order valence-corrected chi connectivity index (χ2v) is 5.67. The maximum Gasteiger partial charge on any atom is 0.248 e. The molecule has 0 radical (unpaired) electrons. The first-order valence-electron chi connectivity index (χ1n) is 7.42. The van der Waals surface area contributed by atoms with E-state index < -0.39 is 5.92 Å². The third kappa shape index (κ3) is 3.07. The molecule has 1 aromatic rings. The number of hydrogen-bond acceptors (Lipinski definition) is 2. The molecule has 0 saturated heterocycles. The molecule has 112 valence electrons. The molecule has 0 spiro atoms. The van der Waals surface area contributed by atoms with Crippen molar-refractivity contribution in [2.75, 3.05) is 0 Å². The second-order valence-electron chi connectivity index (χ2n) is 5.67. The van der Waals surface area contributed by atoms with Crippen LogP contribution in [0.15, 0.2) is 6.20 Å². The van der Waals surface area contributed by atoms with Gasteiger partial charge in [-0.2, -0.15) is 5.10 Å². The van der Waals surface area contributed by atoms with Gasteiger partial charge in [0.2, 0.25) is 5.92 Å². The molecule has 0 unspecified atom stereocenters. The van der Waals surface area contributed by atoms with Crippen molar-refractivity contribution in [3.8, 4) is 0 Å². The Morgan fingerprint density at radius 3 is 2.50 bits per heavy atom. The van der Waals surface area contributed by atoms with Crippen molar-refractivity contribution < 1.29 is 13.6 Å². The number of aromatic nitrogens is 2. The van der Waals surface area contributed by atoms with Gasteiger partial charge in [-0.05, 0) is 25.7 Å². The third-order valence-electron chi connectivity index (χ3n) is 4.34. The predicted octanol–water partition coefficient (Wildman–Crippen LogP) is 4.35. The summed E-state index contributed by atoms with van der Waals surface area (Å²) in [6, 6.07) is 0.271. The molecule has 0 aromatic carbocycles. The molecule has 1 saturated carbocycles. The van der Waals surface area contributed by atoms with Crippen molar-refractivity contribution in [2.45, 2.75) is 70.3 Å². The van der Waals surface area contributed by atoms with E-state index in [0.717, 1.165) is 19.1 Å². The van der Waals surface area contributed by atoms with Crippen LogP contribution in [-0.4, -0.2) is 22.0 Å². The maximum absolute atomic E-state index is 13.2. The first kappa shape index (κ1) is 15.1. The van der Waals surface area contributed by atoms with Gasteiger partial charge in [0.05, 0.1) is 17.3 Å². The smallest absolute Gasteiger partial charge is 0.248 e. The van der Waals surface area contributed by atoms with Crippen LogP contribution in [0.25, 0.3) is 0 Å². The molecule has 0 atom stereocenters. The highest BCUT2D eigenvalue weighted by Gasteiger charge is 2.37. The Bertz CT molecular complexity index is 456. The van der Waals surface area contributed by atoms with E-state index in [9.17, 15) is 13.6 Å². The lowest BCUT2D eigenvalue weighted by molar-refractivity contribution is -0.0385. The highest BCUT2D eigenvalue weighted by atomic mass is 19.3. The zero-order valence-corrected chi connectivity index (χ0v) is 12.1. The van der Waals surface area contributed by atoms with Crippen LogP contribution in [0.1, 0.15) is 80.4 Å². The SMILES string of the molecule is CCC(CC)n1cc(C=O)c(C2CCC(F)(F)CC2)n1. The number of hydrogen-bond donors (Lipinski definition) is 0. The molecule has 0 N–H and O–H groups in total. The zero-order chi connectivity index (χ0) is 14.8. The Morgan fingerprint density at radius 1 is 1.40 bits per heavy atom. The van der Waals surface area contributed by atoms with Crippen LogP contribution in [0.4, 0.5) is 8.78 Å². The molecule has 0 amide bonds. The summed E-state index contributed by atoms with van der Waals surface area (Å²) in [5.41, 5.74) is 1.27. The molecule has 0 bridgehead atoms. The summed E-state index contributed by atoms with van der Waals surface area (Å²) in [5, 5.41) is 4.53. The normalized spacial score (nSPS) is 19.4. The lowest BCUT2D eigenvalue weighted by atomic mass is 9.84. The molecule has 1 aliphatic rings. The molecular formula is C15H22F2N2O. The van der Waals surface area contributed by atoms with Crippen molar-refractivity contribution in [3.63, 3.8) is 0 Å². The molecule has 1 aliphatic carbocycles. The topological polar surface area (TPSA) is 34.9 Å². The minimum atomic E-state index is -2.55. The summed E-state index contributed by atoms with van der Waals surface area (Å²) in [6.07, 6.45) is 5.07. The van der Waals surface area contributed by atoms with Gasteiger partial charge < -0.3 is 0 Å². The van der Waals surface area contributed by atoms with Gasteiger partial charge in [0.25, 0.3) is 0 Å². The maximum atomic E-state index is 13.2. The van der Waals surface area contributed by atoms with Gasteiger partial charge in [0.1, 0.15) is 0 Å². The minimum absolute atomic E-state index is 0.00885. The molecule has 1 fully saturated rings. The van der Waals surface area contributed by atoms with Crippen molar-refractivity contribution in [1.29, 1.82) is 0 Å². The summed E-state index contributed by atoms with van der Waals surface area (Å²) in [4.78, 5) is 11.2. The Balaban J connectivity index is 2.21. The van der Waals surface area contributed by atoms with Gasteiger partial charge in [-0.15, -0.1) is 0 Å². The van der Waals surface area contributed by atoms with Crippen LogP contribution in [0.5, 0.6) is 0 Å². The number of nitrogens with zero attached hydrogens (tertiary/aromatic N) is 2. The molecule has 20 heavy (non-hydrogen) atoms. The van der Waals surface area contributed by atoms with Crippen LogP contribution in [0.3, 0.4) is 0 Å². The predicted molar refractivity (Wildman–Crippen MR) is 73.4 cm³/mol. The third-order valence-corrected chi connectivity index (χ3v) is 4.34. The van der Waals surface area contributed by atoms with Crippen LogP contribution in [0.2, 0.25) is 0 Å². The van der Waals surface area contributed by atoms with Crippen molar-refractivity contribution in [2.24, 2.45) is 0 Å². The first-order valence-corrected chi connectivity index (χ1v) is 7.42. The zero-order valence-electron chi connectivity index (χ0n) is 12.1. The number of rotatable bonds is 5. The average Bonchev–Trinajstić information content (AvgIpc) is 2.84. The van der Waals surface area contributed by atoms with Crippen LogP contribution >= 0.6 is 0 Å². The highest BCUT2D eigenvalue weighted by molar-refractivity contribution is 5.76. The van der Waals surface area contributed by atoms with Gasteiger partial charge >= 0.3 is 0 Å². The Labute approximate surface area is 118 Å². The van der Waals surface area contributed by atoms with E-state index in [1.165, 1.54) is 0 Å². The van der Waals surface area contributed by atoms with E-state index in [1.807, 2.05) is 4.68 Å². The molecule has 5 heteroatoms. The number of carbonyl (C=O) groups is 1. The van der Waals surface area contributed by atoms with E-state index in [1.54, 1.807) is 6.20 Å². The summed E-state index contributed by atoms with van der Waals surface area (Å²) < 4.78 is 28.3. The van der Waals surface area contributed by atoms with Crippen LogP contribution < -0.4 is 0 Å². The molecule has 1 heterocycles. The van der Waals surface area contributed by atoms with E-state index >= 15 is 0 Å². The summed E-state index contributed by atoms with van der Waals surface area (Å²) >= 11 is 0. The van der Waals surface area contributed by atoms with E-state index in [0.29, 0.717) is 24.1 Å². The number of carbonyl (C=O) groups excluding carboxylic acids is 1. The van der Waals surface area contributed by atoms with Gasteiger partial charge in [0.15, 0.2) is 6.29 Å². The first-order chi connectivity index (χ1) is 9.50. The molecule has 0 aliphatic heterocycles. The number of alkyl halides is 2. The molecule has 3 nitrogen and oxygen atoms in total. The van der Waals surface area contributed by atoms with Crippen molar-refractivity contribution >= 4 is 6.29 Å². The molecule has 1 aromatic heterocycles. The quantitative estimate of drug-likeness (QED) is 0.753. The molecular weight excluding hydrogens is 262 g/mol. The van der Waals surface area contributed by atoms with Gasteiger partial charge in [-0.1, -0.05) is 13.8 Å². The lowest BCUT2D eigenvalue weighted by Crippen LogP contribution is -2.24. The van der Waals surface area contributed by atoms with E-state index in [-0.39, 0.29) is 24.8 Å². The van der Waals surface area contributed by atoms with Gasteiger partial charge in [-0.25, -0.2) is 8.78 Å². The lowest BCUT2D eigenvalue weighted by Gasteiger charge is -2.27. The Kier molecular flexibility index (Phi) is 4.55. The second kappa shape index (κ2) is 6.02. The summed E-state index contributed by atoms with van der Waals surface area (Å²) in [6.45, 7) is 4.16. The van der Waals surface area contributed by atoms with Crippen molar-refractivity contribution in [3.05, 3.63) is 17.5 Å². The fourth-order valence-electron chi connectivity index (χ4n) is 2.99. The van der Waals surface area contributed by atoms with Crippen LogP contribution in [-0.2, 0) is 0 Å². The fraction of sp³-hybridized carbons (Fsp3) is 0.733. The standard InChI is InChI=1S/C15H22F2N2O/c1-3-13(4-2)19-9-12(10-20)14(18-19)11-5-7-15(16,17)8-6-11/h9-11,13H,3-8H2,1-2H3. The largest absolute Gasteiger partial charge is 0.298 e. The number of halogens is 2.